The predicted molar refractivity (Wildman–Crippen MR) is 58.3 cm³/mol. The van der Waals surface area contributed by atoms with Crippen molar-refractivity contribution in [3.05, 3.63) is 39.9 Å². The van der Waals surface area contributed by atoms with Gasteiger partial charge in [0, 0.05) is 18.2 Å². The lowest BCUT2D eigenvalue weighted by Crippen LogP contribution is -2.18. The summed E-state index contributed by atoms with van der Waals surface area (Å²) in [4.78, 5) is 10.1. The van der Waals surface area contributed by atoms with Gasteiger partial charge in [0.15, 0.2) is 0 Å². The van der Waals surface area contributed by atoms with Gasteiger partial charge in [-0.05, 0) is 12.5 Å². The van der Waals surface area contributed by atoms with Crippen LogP contribution in [0.1, 0.15) is 18.5 Å². The van der Waals surface area contributed by atoms with Crippen LogP contribution in [-0.2, 0) is 0 Å². The molecule has 0 heterocycles. The number of nitro groups is 1. The van der Waals surface area contributed by atoms with E-state index in [0.717, 1.165) is 5.56 Å². The van der Waals surface area contributed by atoms with E-state index < -0.39 is 4.92 Å². The summed E-state index contributed by atoms with van der Waals surface area (Å²) in [5, 5.41) is 13.6. The minimum atomic E-state index is -0.405. The van der Waals surface area contributed by atoms with E-state index in [1.807, 2.05) is 13.0 Å². The molecule has 0 aromatic heterocycles. The van der Waals surface area contributed by atoms with Gasteiger partial charge in [-0.3, -0.25) is 15.4 Å². The Balaban J connectivity index is 2.81. The highest BCUT2D eigenvalue weighted by Gasteiger charge is 2.09. The minimum Gasteiger partial charge on any atom is -0.300 e. The molecule has 1 atom stereocenters. The number of nitrogens with one attached hydrogen (secondary N) is 1. The summed E-state index contributed by atoms with van der Waals surface area (Å²) in [6.07, 6.45) is 5.11. The third-order valence-corrected chi connectivity index (χ3v) is 2.09. The Morgan fingerprint density at radius 1 is 1.67 bits per heavy atom. The normalized spacial score (nSPS) is 11.7. The second kappa shape index (κ2) is 5.13. The van der Waals surface area contributed by atoms with Gasteiger partial charge in [-0.15, -0.1) is 6.42 Å². The van der Waals surface area contributed by atoms with Crippen molar-refractivity contribution in [1.29, 1.82) is 0 Å². The van der Waals surface area contributed by atoms with Crippen molar-refractivity contribution in [3.8, 4) is 12.3 Å². The first kappa shape index (κ1) is 11.2. The molecule has 0 amide bonds. The highest BCUT2D eigenvalue weighted by atomic mass is 16.6. The Labute approximate surface area is 88.5 Å². The van der Waals surface area contributed by atoms with E-state index in [0.29, 0.717) is 6.54 Å². The van der Waals surface area contributed by atoms with Crippen LogP contribution < -0.4 is 5.32 Å². The number of hydrogen-bond acceptors (Lipinski definition) is 3. The molecular formula is C11H12N2O2. The van der Waals surface area contributed by atoms with Crippen molar-refractivity contribution in [2.45, 2.75) is 13.0 Å². The van der Waals surface area contributed by atoms with Crippen LogP contribution in [0.15, 0.2) is 24.3 Å². The topological polar surface area (TPSA) is 55.2 Å². The van der Waals surface area contributed by atoms with Crippen LogP contribution in [0.5, 0.6) is 0 Å². The lowest BCUT2D eigenvalue weighted by Gasteiger charge is -2.11. The highest BCUT2D eigenvalue weighted by Crippen LogP contribution is 2.18. The predicted octanol–water partition coefficient (Wildman–Crippen LogP) is 1.88. The first-order chi connectivity index (χ1) is 7.15. The van der Waals surface area contributed by atoms with Gasteiger partial charge < -0.3 is 0 Å². The average molecular weight is 204 g/mol. The summed E-state index contributed by atoms with van der Waals surface area (Å²) >= 11 is 0. The molecule has 0 radical (unpaired) electrons. The number of terminal acetylenes is 1. The largest absolute Gasteiger partial charge is 0.300 e. The molecule has 0 aliphatic rings. The van der Waals surface area contributed by atoms with Crippen LogP contribution >= 0.6 is 0 Å². The van der Waals surface area contributed by atoms with Crippen molar-refractivity contribution in [1.82, 2.24) is 5.32 Å². The van der Waals surface area contributed by atoms with Crippen molar-refractivity contribution in [3.63, 3.8) is 0 Å². The summed E-state index contributed by atoms with van der Waals surface area (Å²) in [6, 6.07) is 6.54. The number of nitro benzene ring substituents is 1. The zero-order chi connectivity index (χ0) is 11.3. The summed E-state index contributed by atoms with van der Waals surface area (Å²) in [5.74, 6) is 2.46. The maximum absolute atomic E-state index is 10.5. The Bertz CT molecular complexity index is 396. The zero-order valence-electron chi connectivity index (χ0n) is 8.43. The van der Waals surface area contributed by atoms with Gasteiger partial charge in [-0.2, -0.15) is 0 Å². The van der Waals surface area contributed by atoms with Crippen LogP contribution in [0.2, 0.25) is 0 Å². The van der Waals surface area contributed by atoms with E-state index in [4.69, 9.17) is 6.42 Å². The Hall–Kier alpha value is -1.86. The average Bonchev–Trinajstić information content (AvgIpc) is 2.26. The summed E-state index contributed by atoms with van der Waals surface area (Å²) < 4.78 is 0. The van der Waals surface area contributed by atoms with Gasteiger partial charge in [-0.25, -0.2) is 0 Å². The molecule has 0 aliphatic heterocycles. The van der Waals surface area contributed by atoms with Crippen molar-refractivity contribution >= 4 is 5.69 Å². The number of benzene rings is 1. The molecule has 1 unspecified atom stereocenters. The molecule has 15 heavy (non-hydrogen) atoms. The number of rotatable bonds is 4. The maximum Gasteiger partial charge on any atom is 0.269 e. The molecule has 4 nitrogen and oxygen atoms in total. The monoisotopic (exact) mass is 204 g/mol. The van der Waals surface area contributed by atoms with Gasteiger partial charge in [0.25, 0.3) is 5.69 Å². The molecule has 0 aliphatic carbocycles. The maximum atomic E-state index is 10.5. The molecule has 0 saturated carbocycles. The van der Waals surface area contributed by atoms with Gasteiger partial charge in [0.2, 0.25) is 0 Å². The molecule has 1 N–H and O–H groups in total. The quantitative estimate of drug-likeness (QED) is 0.463. The van der Waals surface area contributed by atoms with Crippen LogP contribution in [-0.4, -0.2) is 11.5 Å². The molecule has 0 spiro atoms. The van der Waals surface area contributed by atoms with Crippen molar-refractivity contribution in [2.75, 3.05) is 6.54 Å². The van der Waals surface area contributed by atoms with E-state index >= 15 is 0 Å². The SMILES string of the molecule is C#CCNC(C)c1cccc([N+](=O)[O-])c1. The second-order valence-corrected chi connectivity index (χ2v) is 3.16. The Morgan fingerprint density at radius 2 is 2.40 bits per heavy atom. The van der Waals surface area contributed by atoms with Crippen molar-refractivity contribution < 1.29 is 4.92 Å². The molecule has 1 aromatic carbocycles. The fourth-order valence-electron chi connectivity index (χ4n) is 1.24. The smallest absolute Gasteiger partial charge is 0.269 e. The summed E-state index contributed by atoms with van der Waals surface area (Å²) in [6.45, 7) is 2.36. The fraction of sp³-hybridized carbons (Fsp3) is 0.273. The Morgan fingerprint density at radius 3 is 3.00 bits per heavy atom. The summed E-state index contributed by atoms with van der Waals surface area (Å²) in [5.41, 5.74) is 0.960. The van der Waals surface area contributed by atoms with Crippen LogP contribution in [0.25, 0.3) is 0 Å². The highest BCUT2D eigenvalue weighted by molar-refractivity contribution is 5.35. The van der Waals surface area contributed by atoms with Gasteiger partial charge >= 0.3 is 0 Å². The van der Waals surface area contributed by atoms with Crippen molar-refractivity contribution in [2.24, 2.45) is 0 Å². The lowest BCUT2D eigenvalue weighted by molar-refractivity contribution is -0.384. The molecule has 78 valence electrons. The molecule has 0 saturated heterocycles. The van der Waals surface area contributed by atoms with E-state index in [-0.39, 0.29) is 11.7 Å². The number of nitrogens with zero attached hydrogens (tertiary/aromatic N) is 1. The van der Waals surface area contributed by atoms with Gasteiger partial charge in [-0.1, -0.05) is 18.1 Å². The lowest BCUT2D eigenvalue weighted by atomic mass is 10.1. The number of hydrogen-bond donors (Lipinski definition) is 1. The first-order valence-electron chi connectivity index (χ1n) is 4.56. The molecule has 0 fully saturated rings. The first-order valence-corrected chi connectivity index (χ1v) is 4.56. The molecular weight excluding hydrogens is 192 g/mol. The molecule has 1 aromatic rings. The van der Waals surface area contributed by atoms with E-state index in [1.165, 1.54) is 6.07 Å². The van der Waals surface area contributed by atoms with E-state index in [1.54, 1.807) is 12.1 Å². The van der Waals surface area contributed by atoms with E-state index in [9.17, 15) is 10.1 Å². The number of non-ortho nitro benzene ring substituents is 1. The van der Waals surface area contributed by atoms with Gasteiger partial charge in [0.1, 0.15) is 0 Å². The standard InChI is InChI=1S/C11H12N2O2/c1-3-7-12-9(2)10-5-4-6-11(8-10)13(14)15/h1,4-6,8-9,12H,7H2,2H3. The third kappa shape index (κ3) is 3.08. The zero-order valence-corrected chi connectivity index (χ0v) is 8.43. The minimum absolute atomic E-state index is 0.0148. The molecule has 4 heteroatoms. The fourth-order valence-corrected chi connectivity index (χ4v) is 1.24. The van der Waals surface area contributed by atoms with Gasteiger partial charge in [0.05, 0.1) is 11.5 Å². The Kier molecular flexibility index (Phi) is 3.83. The third-order valence-electron chi connectivity index (χ3n) is 2.09. The second-order valence-electron chi connectivity index (χ2n) is 3.16. The van der Waals surface area contributed by atoms with Crippen LogP contribution in [0.3, 0.4) is 0 Å². The van der Waals surface area contributed by atoms with Crippen LogP contribution in [0.4, 0.5) is 5.69 Å². The van der Waals surface area contributed by atoms with Crippen LogP contribution in [0, 0.1) is 22.5 Å². The molecule has 1 rings (SSSR count). The summed E-state index contributed by atoms with van der Waals surface area (Å²) in [7, 11) is 0. The molecule has 0 bridgehead atoms. The van der Waals surface area contributed by atoms with E-state index in [2.05, 4.69) is 11.2 Å².